The molecule has 8 heteroatoms. The average molecular weight is 423 g/mol. The number of methoxy groups -OCH3 is 2. The number of allylic oxidation sites excluding steroid dienone is 1. The second kappa shape index (κ2) is 8.36. The fourth-order valence-corrected chi connectivity index (χ4v) is 4.36. The Hall–Kier alpha value is -3.44. The highest BCUT2D eigenvalue weighted by Crippen LogP contribution is 2.46. The number of hydrogen-bond acceptors (Lipinski definition) is 7. The SMILES string of the molecule is COc1cccc([C@@H]2C(C#N)=C(N)Oc3cc(C)n(C[C@H]4CCCO4)c(=O)c32)c1OC. The summed E-state index contributed by atoms with van der Waals surface area (Å²) in [7, 11) is 3.05. The number of benzene rings is 1. The van der Waals surface area contributed by atoms with Crippen molar-refractivity contribution < 1.29 is 18.9 Å². The van der Waals surface area contributed by atoms with Crippen LogP contribution in [0.3, 0.4) is 0 Å². The molecule has 0 radical (unpaired) electrons. The van der Waals surface area contributed by atoms with E-state index in [1.165, 1.54) is 14.2 Å². The molecule has 0 saturated carbocycles. The molecule has 0 bridgehead atoms. The van der Waals surface area contributed by atoms with E-state index in [0.29, 0.717) is 41.5 Å². The van der Waals surface area contributed by atoms with Crippen LogP contribution in [0.15, 0.2) is 40.5 Å². The molecule has 4 rings (SSSR count). The third-order valence-electron chi connectivity index (χ3n) is 5.84. The predicted molar refractivity (Wildman–Crippen MR) is 113 cm³/mol. The van der Waals surface area contributed by atoms with E-state index in [2.05, 4.69) is 6.07 Å². The third-order valence-corrected chi connectivity index (χ3v) is 5.84. The van der Waals surface area contributed by atoms with Crippen molar-refractivity contribution in [2.75, 3.05) is 20.8 Å². The molecule has 162 valence electrons. The smallest absolute Gasteiger partial charge is 0.258 e. The molecule has 8 nitrogen and oxygen atoms in total. The third kappa shape index (κ3) is 3.51. The van der Waals surface area contributed by atoms with E-state index in [9.17, 15) is 10.1 Å². The van der Waals surface area contributed by atoms with Crippen molar-refractivity contribution in [3.63, 3.8) is 0 Å². The van der Waals surface area contributed by atoms with Gasteiger partial charge >= 0.3 is 0 Å². The van der Waals surface area contributed by atoms with Gasteiger partial charge in [-0.15, -0.1) is 0 Å². The fourth-order valence-electron chi connectivity index (χ4n) is 4.36. The largest absolute Gasteiger partial charge is 0.493 e. The second-order valence-electron chi connectivity index (χ2n) is 7.62. The number of rotatable bonds is 5. The molecule has 0 unspecified atom stereocenters. The van der Waals surface area contributed by atoms with Gasteiger partial charge in [0.25, 0.3) is 5.56 Å². The van der Waals surface area contributed by atoms with E-state index in [1.807, 2.05) is 6.92 Å². The Bertz CT molecular complexity index is 1140. The van der Waals surface area contributed by atoms with Gasteiger partial charge in [-0.3, -0.25) is 4.79 Å². The van der Waals surface area contributed by atoms with Gasteiger partial charge in [0.15, 0.2) is 11.5 Å². The molecule has 3 heterocycles. The molecule has 0 spiro atoms. The lowest BCUT2D eigenvalue weighted by Crippen LogP contribution is -2.35. The van der Waals surface area contributed by atoms with Crippen LogP contribution in [0.25, 0.3) is 0 Å². The van der Waals surface area contributed by atoms with Gasteiger partial charge < -0.3 is 29.2 Å². The molecule has 2 N–H and O–H groups in total. The Morgan fingerprint density at radius 2 is 2.13 bits per heavy atom. The van der Waals surface area contributed by atoms with Gasteiger partial charge in [0.2, 0.25) is 5.88 Å². The Morgan fingerprint density at radius 1 is 1.32 bits per heavy atom. The lowest BCUT2D eigenvalue weighted by Gasteiger charge is -2.29. The van der Waals surface area contributed by atoms with Crippen LogP contribution in [0.4, 0.5) is 0 Å². The van der Waals surface area contributed by atoms with Crippen molar-refractivity contribution in [2.45, 2.75) is 38.3 Å². The second-order valence-corrected chi connectivity index (χ2v) is 7.62. The minimum absolute atomic E-state index is 0.0141. The van der Waals surface area contributed by atoms with Crippen LogP contribution >= 0.6 is 0 Å². The van der Waals surface area contributed by atoms with Gasteiger partial charge in [-0.25, -0.2) is 0 Å². The number of ether oxygens (including phenoxy) is 4. The van der Waals surface area contributed by atoms with Crippen molar-refractivity contribution >= 4 is 0 Å². The summed E-state index contributed by atoms with van der Waals surface area (Å²) in [6.45, 7) is 3.00. The number of para-hydroxylation sites is 1. The molecule has 1 aromatic heterocycles. The number of nitriles is 1. The van der Waals surface area contributed by atoms with Gasteiger partial charge in [0.05, 0.1) is 38.3 Å². The number of aryl methyl sites for hydroxylation is 1. The first-order valence-corrected chi connectivity index (χ1v) is 10.1. The van der Waals surface area contributed by atoms with Crippen molar-refractivity contribution in [1.82, 2.24) is 4.57 Å². The molecule has 0 amide bonds. The summed E-state index contributed by atoms with van der Waals surface area (Å²) in [4.78, 5) is 13.7. The Kier molecular flexibility index (Phi) is 5.61. The first-order valence-electron chi connectivity index (χ1n) is 10.1. The van der Waals surface area contributed by atoms with E-state index in [-0.39, 0.29) is 23.1 Å². The molecular formula is C23H25N3O5. The minimum atomic E-state index is -0.748. The topological polar surface area (TPSA) is 109 Å². The summed E-state index contributed by atoms with van der Waals surface area (Å²) in [6.07, 6.45) is 1.87. The molecule has 2 aliphatic rings. The molecule has 2 aromatic rings. The van der Waals surface area contributed by atoms with E-state index >= 15 is 0 Å². The summed E-state index contributed by atoms with van der Waals surface area (Å²) >= 11 is 0. The molecule has 0 aliphatic carbocycles. The van der Waals surface area contributed by atoms with Gasteiger partial charge in [-0.05, 0) is 25.8 Å². The van der Waals surface area contributed by atoms with Crippen LogP contribution in [0.2, 0.25) is 0 Å². The van der Waals surface area contributed by atoms with Gasteiger partial charge in [0, 0.05) is 23.9 Å². The zero-order chi connectivity index (χ0) is 22.1. The molecular weight excluding hydrogens is 398 g/mol. The summed E-state index contributed by atoms with van der Waals surface area (Å²) < 4.78 is 24.2. The zero-order valence-electron chi connectivity index (χ0n) is 17.8. The van der Waals surface area contributed by atoms with Crippen molar-refractivity contribution in [3.05, 3.63) is 62.9 Å². The van der Waals surface area contributed by atoms with Crippen molar-refractivity contribution in [2.24, 2.45) is 5.73 Å². The maximum atomic E-state index is 13.7. The van der Waals surface area contributed by atoms with E-state index in [4.69, 9.17) is 24.7 Å². The molecule has 1 aromatic carbocycles. The van der Waals surface area contributed by atoms with Crippen molar-refractivity contribution in [3.8, 4) is 23.3 Å². The normalized spacial score (nSPS) is 20.1. The average Bonchev–Trinajstić information content (AvgIpc) is 3.28. The number of nitrogens with two attached hydrogens (primary N) is 1. The van der Waals surface area contributed by atoms with Crippen molar-refractivity contribution in [1.29, 1.82) is 5.26 Å². The first-order chi connectivity index (χ1) is 15.0. The number of pyridine rings is 1. The monoisotopic (exact) mass is 423 g/mol. The predicted octanol–water partition coefficient (Wildman–Crippen LogP) is 2.57. The van der Waals surface area contributed by atoms with Gasteiger partial charge in [-0.1, -0.05) is 12.1 Å². The highest BCUT2D eigenvalue weighted by atomic mass is 16.5. The lowest BCUT2D eigenvalue weighted by molar-refractivity contribution is 0.0954. The van der Waals surface area contributed by atoms with Crippen LogP contribution in [0.5, 0.6) is 17.2 Å². The highest BCUT2D eigenvalue weighted by molar-refractivity contribution is 5.60. The highest BCUT2D eigenvalue weighted by Gasteiger charge is 2.37. The molecule has 1 fully saturated rings. The summed E-state index contributed by atoms with van der Waals surface area (Å²) in [5.74, 6) is 0.505. The molecule has 2 aliphatic heterocycles. The summed E-state index contributed by atoms with van der Waals surface area (Å²) in [5.41, 5.74) is 7.71. The first kappa shape index (κ1) is 20.8. The minimum Gasteiger partial charge on any atom is -0.493 e. The fraction of sp³-hybridized carbons (Fsp3) is 0.391. The summed E-state index contributed by atoms with van der Waals surface area (Å²) in [5, 5.41) is 9.88. The van der Waals surface area contributed by atoms with E-state index in [1.54, 1.807) is 28.8 Å². The van der Waals surface area contributed by atoms with Crippen LogP contribution in [-0.4, -0.2) is 31.5 Å². The molecule has 2 atom stereocenters. The van der Waals surface area contributed by atoms with E-state index < -0.39 is 5.92 Å². The number of nitrogens with zero attached hydrogens (tertiary/aromatic N) is 2. The van der Waals surface area contributed by atoms with Crippen LogP contribution in [0.1, 0.15) is 35.6 Å². The molecule has 31 heavy (non-hydrogen) atoms. The maximum Gasteiger partial charge on any atom is 0.258 e. The maximum absolute atomic E-state index is 13.7. The molecule has 1 saturated heterocycles. The number of fused-ring (bicyclic) bond motifs is 1. The van der Waals surface area contributed by atoms with E-state index in [0.717, 1.165) is 18.5 Å². The quantitative estimate of drug-likeness (QED) is 0.787. The van der Waals surface area contributed by atoms with Gasteiger partial charge in [-0.2, -0.15) is 5.26 Å². The van der Waals surface area contributed by atoms with Crippen LogP contribution < -0.4 is 25.5 Å². The lowest BCUT2D eigenvalue weighted by atomic mass is 9.83. The standard InChI is InChI=1S/C23H25N3O5/c1-13-10-18-20(23(27)26(13)12-14-6-5-9-30-14)19(16(11-24)22(25)31-18)15-7-4-8-17(28-2)21(15)29-3/h4,7-8,10,14,19H,5-6,9,12,25H2,1-3H3/t14-,19-/m1/s1. The Balaban J connectivity index is 1.95. The van der Waals surface area contributed by atoms with Gasteiger partial charge in [0.1, 0.15) is 17.4 Å². The Morgan fingerprint density at radius 3 is 2.77 bits per heavy atom. The van der Waals surface area contributed by atoms with Crippen LogP contribution in [0, 0.1) is 18.3 Å². The number of aromatic nitrogens is 1. The van der Waals surface area contributed by atoms with Crippen LogP contribution in [-0.2, 0) is 11.3 Å². The summed E-state index contributed by atoms with van der Waals surface area (Å²) in [6, 6.07) is 9.26. The number of hydrogen-bond donors (Lipinski definition) is 1. The Labute approximate surface area is 180 Å². The zero-order valence-corrected chi connectivity index (χ0v) is 17.8.